The van der Waals surface area contributed by atoms with Crippen LogP contribution in [-0.4, -0.2) is 4.98 Å². The van der Waals surface area contributed by atoms with Crippen molar-refractivity contribution in [1.29, 1.82) is 5.26 Å². The maximum absolute atomic E-state index is 9.42. The molecule has 0 spiro atoms. The predicted molar refractivity (Wildman–Crippen MR) is 109 cm³/mol. The number of nitriles is 1. The van der Waals surface area contributed by atoms with E-state index >= 15 is 0 Å². The Labute approximate surface area is 158 Å². The van der Waals surface area contributed by atoms with Crippen molar-refractivity contribution >= 4 is 45.2 Å². The van der Waals surface area contributed by atoms with E-state index < -0.39 is 0 Å². The molecular formula is C19H14IN3S. The van der Waals surface area contributed by atoms with E-state index in [2.05, 4.69) is 58.0 Å². The lowest BCUT2D eigenvalue weighted by Crippen LogP contribution is -1.91. The first-order chi connectivity index (χ1) is 11.7. The van der Waals surface area contributed by atoms with E-state index in [1.807, 2.05) is 41.8 Å². The highest BCUT2D eigenvalue weighted by molar-refractivity contribution is 14.1. The van der Waals surface area contributed by atoms with Crippen LogP contribution in [0.4, 0.5) is 5.69 Å². The number of aryl methyl sites for hydroxylation is 1. The first-order valence-corrected chi connectivity index (χ1v) is 9.27. The third kappa shape index (κ3) is 4.02. The summed E-state index contributed by atoms with van der Waals surface area (Å²) in [6, 6.07) is 18.4. The number of rotatable bonds is 4. The van der Waals surface area contributed by atoms with Gasteiger partial charge in [-0.1, -0.05) is 29.8 Å². The van der Waals surface area contributed by atoms with Gasteiger partial charge in [-0.3, -0.25) is 0 Å². The van der Waals surface area contributed by atoms with Crippen LogP contribution >= 0.6 is 33.9 Å². The quantitative estimate of drug-likeness (QED) is 0.416. The van der Waals surface area contributed by atoms with Crippen molar-refractivity contribution in [3.05, 3.63) is 74.3 Å². The van der Waals surface area contributed by atoms with Gasteiger partial charge in [0.25, 0.3) is 0 Å². The van der Waals surface area contributed by atoms with Gasteiger partial charge in [0.2, 0.25) is 0 Å². The van der Waals surface area contributed by atoms with Gasteiger partial charge in [-0.15, -0.1) is 11.3 Å². The zero-order valence-electron chi connectivity index (χ0n) is 13.0. The monoisotopic (exact) mass is 443 g/mol. The predicted octanol–water partition coefficient (Wildman–Crippen LogP) is 5.70. The summed E-state index contributed by atoms with van der Waals surface area (Å²) in [6.07, 6.45) is 1.71. The van der Waals surface area contributed by atoms with Gasteiger partial charge in [0, 0.05) is 26.4 Å². The Morgan fingerprint density at radius 2 is 1.88 bits per heavy atom. The number of allylic oxidation sites excluding steroid dienone is 1. The van der Waals surface area contributed by atoms with Gasteiger partial charge < -0.3 is 5.32 Å². The SMILES string of the molecule is Cc1ccc(-c2csc(C(C#N)=CNc3ccc(I)cc3)n2)cc1. The van der Waals surface area contributed by atoms with Crippen LogP contribution in [0.25, 0.3) is 16.8 Å². The molecule has 5 heteroatoms. The number of nitrogens with one attached hydrogen (secondary N) is 1. The number of anilines is 1. The molecule has 0 aliphatic carbocycles. The van der Waals surface area contributed by atoms with Gasteiger partial charge in [0.1, 0.15) is 16.6 Å². The van der Waals surface area contributed by atoms with Crippen molar-refractivity contribution < 1.29 is 0 Å². The number of nitrogens with zero attached hydrogens (tertiary/aromatic N) is 2. The summed E-state index contributed by atoms with van der Waals surface area (Å²) in [5.41, 5.74) is 4.64. The standard InChI is InChI=1S/C19H14IN3S/c1-13-2-4-14(5-3-13)18-12-24-19(23-18)15(10-21)11-22-17-8-6-16(20)7-9-17/h2-9,11-12,22H,1H3. The molecule has 0 atom stereocenters. The molecule has 1 aromatic heterocycles. The van der Waals surface area contributed by atoms with Gasteiger partial charge >= 0.3 is 0 Å². The summed E-state index contributed by atoms with van der Waals surface area (Å²) >= 11 is 3.74. The molecule has 24 heavy (non-hydrogen) atoms. The summed E-state index contributed by atoms with van der Waals surface area (Å²) in [4.78, 5) is 4.59. The summed E-state index contributed by atoms with van der Waals surface area (Å²) in [5.74, 6) is 0. The molecule has 0 unspecified atom stereocenters. The average Bonchev–Trinajstić information content (AvgIpc) is 3.08. The Morgan fingerprint density at radius 3 is 2.54 bits per heavy atom. The molecule has 3 aromatic rings. The highest BCUT2D eigenvalue weighted by Gasteiger charge is 2.08. The average molecular weight is 443 g/mol. The van der Waals surface area contributed by atoms with E-state index in [-0.39, 0.29) is 0 Å². The molecular weight excluding hydrogens is 429 g/mol. The summed E-state index contributed by atoms with van der Waals surface area (Å²) in [6.45, 7) is 2.06. The maximum atomic E-state index is 9.42. The van der Waals surface area contributed by atoms with Crippen LogP contribution in [0.15, 0.2) is 60.1 Å². The van der Waals surface area contributed by atoms with Crippen LogP contribution < -0.4 is 5.32 Å². The van der Waals surface area contributed by atoms with Crippen molar-refractivity contribution in [3.8, 4) is 17.3 Å². The molecule has 0 aliphatic heterocycles. The second-order valence-corrected chi connectivity index (χ2v) is 7.33. The third-order valence-electron chi connectivity index (χ3n) is 3.43. The van der Waals surface area contributed by atoms with Crippen molar-refractivity contribution in [1.82, 2.24) is 4.98 Å². The van der Waals surface area contributed by atoms with Crippen LogP contribution in [0, 0.1) is 21.8 Å². The van der Waals surface area contributed by atoms with Crippen LogP contribution in [0.5, 0.6) is 0 Å². The first-order valence-electron chi connectivity index (χ1n) is 7.31. The zero-order chi connectivity index (χ0) is 16.9. The second-order valence-electron chi connectivity index (χ2n) is 5.22. The lowest BCUT2D eigenvalue weighted by Gasteiger charge is -2.01. The van der Waals surface area contributed by atoms with Crippen molar-refractivity contribution in [3.63, 3.8) is 0 Å². The van der Waals surface area contributed by atoms with E-state index in [1.54, 1.807) is 6.20 Å². The van der Waals surface area contributed by atoms with Gasteiger partial charge in [-0.05, 0) is 53.8 Å². The minimum Gasteiger partial charge on any atom is -0.360 e. The van der Waals surface area contributed by atoms with E-state index in [9.17, 15) is 5.26 Å². The normalized spacial score (nSPS) is 11.1. The van der Waals surface area contributed by atoms with Crippen LogP contribution in [0.2, 0.25) is 0 Å². The fourth-order valence-corrected chi connectivity index (χ4v) is 3.25. The minimum atomic E-state index is 0.525. The number of hydrogen-bond donors (Lipinski definition) is 1. The Bertz CT molecular complexity index is 903. The molecule has 0 aliphatic rings. The molecule has 0 fully saturated rings. The van der Waals surface area contributed by atoms with Crippen LogP contribution in [-0.2, 0) is 0 Å². The minimum absolute atomic E-state index is 0.525. The molecule has 3 nitrogen and oxygen atoms in total. The largest absolute Gasteiger partial charge is 0.360 e. The number of hydrogen-bond acceptors (Lipinski definition) is 4. The number of thiazole rings is 1. The van der Waals surface area contributed by atoms with Gasteiger partial charge in [-0.2, -0.15) is 5.26 Å². The molecule has 0 amide bonds. The molecule has 2 aromatic carbocycles. The fraction of sp³-hybridized carbons (Fsp3) is 0.0526. The summed E-state index contributed by atoms with van der Waals surface area (Å²) < 4.78 is 1.17. The molecule has 0 radical (unpaired) electrons. The Balaban J connectivity index is 1.81. The Hall–Kier alpha value is -2.17. The zero-order valence-corrected chi connectivity index (χ0v) is 15.9. The van der Waals surface area contributed by atoms with Gasteiger partial charge in [-0.25, -0.2) is 4.98 Å². The second kappa shape index (κ2) is 7.60. The van der Waals surface area contributed by atoms with E-state index in [0.29, 0.717) is 10.6 Å². The highest BCUT2D eigenvalue weighted by atomic mass is 127. The summed E-state index contributed by atoms with van der Waals surface area (Å²) in [5, 5.41) is 15.3. The smallest absolute Gasteiger partial charge is 0.136 e. The molecule has 3 rings (SSSR count). The highest BCUT2D eigenvalue weighted by Crippen LogP contribution is 2.26. The van der Waals surface area contributed by atoms with E-state index in [4.69, 9.17) is 0 Å². The van der Waals surface area contributed by atoms with Gasteiger partial charge in [0.05, 0.1) is 5.69 Å². The first kappa shape index (κ1) is 16.7. The number of halogens is 1. The van der Waals surface area contributed by atoms with Crippen molar-refractivity contribution in [2.24, 2.45) is 0 Å². The molecule has 1 heterocycles. The Kier molecular flexibility index (Phi) is 5.28. The maximum Gasteiger partial charge on any atom is 0.136 e. The van der Waals surface area contributed by atoms with Crippen LogP contribution in [0.1, 0.15) is 10.6 Å². The van der Waals surface area contributed by atoms with Gasteiger partial charge in [0.15, 0.2) is 0 Å². The molecule has 0 saturated carbocycles. The molecule has 1 N–H and O–H groups in total. The van der Waals surface area contributed by atoms with Crippen molar-refractivity contribution in [2.45, 2.75) is 6.92 Å². The molecule has 0 bridgehead atoms. The summed E-state index contributed by atoms with van der Waals surface area (Å²) in [7, 11) is 0. The lowest BCUT2D eigenvalue weighted by atomic mass is 10.1. The molecule has 118 valence electrons. The third-order valence-corrected chi connectivity index (χ3v) is 5.02. The van der Waals surface area contributed by atoms with Crippen LogP contribution in [0.3, 0.4) is 0 Å². The van der Waals surface area contributed by atoms with E-state index in [0.717, 1.165) is 16.9 Å². The fourth-order valence-electron chi connectivity index (χ4n) is 2.10. The topological polar surface area (TPSA) is 48.7 Å². The van der Waals surface area contributed by atoms with E-state index in [1.165, 1.54) is 20.5 Å². The lowest BCUT2D eigenvalue weighted by molar-refractivity contribution is 1.36. The molecule has 0 saturated heterocycles. The van der Waals surface area contributed by atoms with Crippen molar-refractivity contribution in [2.75, 3.05) is 5.32 Å². The Morgan fingerprint density at radius 1 is 1.17 bits per heavy atom. The number of benzene rings is 2. The number of aromatic nitrogens is 1.